The van der Waals surface area contributed by atoms with Crippen molar-refractivity contribution in [3.63, 3.8) is 0 Å². The second-order valence-corrected chi connectivity index (χ2v) is 5.40. The van der Waals surface area contributed by atoms with Crippen LogP contribution in [0.2, 0.25) is 0 Å². The monoisotopic (exact) mass is 265 g/mol. The van der Waals surface area contributed by atoms with Gasteiger partial charge < -0.3 is 5.32 Å². The van der Waals surface area contributed by atoms with Crippen LogP contribution in [-0.2, 0) is 14.1 Å². The summed E-state index contributed by atoms with van der Waals surface area (Å²) < 4.78 is 2.29. The summed E-state index contributed by atoms with van der Waals surface area (Å²) in [6.45, 7) is 2.23. The molecule has 0 spiro atoms. The fraction of sp³-hybridized carbons (Fsp3) is 0.750. The highest BCUT2D eigenvalue weighted by molar-refractivity contribution is 5.32. The minimum Gasteiger partial charge on any atom is -0.360 e. The number of nitrogens with zero attached hydrogens (tertiary/aromatic N) is 4. The largest absolute Gasteiger partial charge is 0.360 e. The van der Waals surface area contributed by atoms with Crippen molar-refractivity contribution < 1.29 is 0 Å². The molecule has 0 bridgehead atoms. The van der Waals surface area contributed by atoms with Gasteiger partial charge in [-0.1, -0.05) is 0 Å². The second-order valence-electron chi connectivity index (χ2n) is 5.40. The Morgan fingerprint density at radius 1 is 1.21 bits per heavy atom. The van der Waals surface area contributed by atoms with Crippen molar-refractivity contribution in [2.45, 2.75) is 31.3 Å². The Balaban J connectivity index is 1.88. The molecule has 3 heterocycles. The van der Waals surface area contributed by atoms with E-state index in [0.29, 0.717) is 6.04 Å². The SMILES string of the molecule is Cn1nc(NC2CCN3CCCC23)c(=O)n(C)c1=O. The number of nitrogens with one attached hydrogen (secondary N) is 1. The summed E-state index contributed by atoms with van der Waals surface area (Å²) in [6, 6.07) is 0.768. The lowest BCUT2D eigenvalue weighted by molar-refractivity contribution is 0.318. The number of rotatable bonds is 2. The predicted octanol–water partition coefficient (Wildman–Crippen LogP) is -0.872. The van der Waals surface area contributed by atoms with E-state index in [1.54, 1.807) is 7.05 Å². The molecule has 2 saturated heterocycles. The van der Waals surface area contributed by atoms with Gasteiger partial charge in [-0.3, -0.25) is 14.3 Å². The number of anilines is 1. The quantitative estimate of drug-likeness (QED) is 0.752. The molecular weight excluding hydrogens is 246 g/mol. The Morgan fingerprint density at radius 3 is 2.79 bits per heavy atom. The van der Waals surface area contributed by atoms with E-state index in [-0.39, 0.29) is 17.4 Å². The predicted molar refractivity (Wildman–Crippen MR) is 71.3 cm³/mol. The van der Waals surface area contributed by atoms with E-state index in [0.717, 1.165) is 24.1 Å². The van der Waals surface area contributed by atoms with Crippen LogP contribution in [0.3, 0.4) is 0 Å². The molecule has 7 heteroatoms. The maximum absolute atomic E-state index is 12.0. The molecular formula is C12H19N5O2. The maximum Gasteiger partial charge on any atom is 0.346 e. The number of hydrogen-bond acceptors (Lipinski definition) is 5. The first-order valence-electron chi connectivity index (χ1n) is 6.73. The topological polar surface area (TPSA) is 72.2 Å². The summed E-state index contributed by atoms with van der Waals surface area (Å²) in [4.78, 5) is 26.1. The summed E-state index contributed by atoms with van der Waals surface area (Å²) >= 11 is 0. The lowest BCUT2D eigenvalue weighted by atomic mass is 10.1. The van der Waals surface area contributed by atoms with Crippen molar-refractivity contribution in [1.82, 2.24) is 19.2 Å². The molecule has 1 aromatic rings. The van der Waals surface area contributed by atoms with Gasteiger partial charge in [0.25, 0.3) is 5.56 Å². The van der Waals surface area contributed by atoms with Crippen LogP contribution in [0.1, 0.15) is 19.3 Å². The Morgan fingerprint density at radius 2 is 2.00 bits per heavy atom. The smallest absolute Gasteiger partial charge is 0.346 e. The Kier molecular flexibility index (Phi) is 2.93. The molecule has 0 radical (unpaired) electrons. The number of aryl methyl sites for hydroxylation is 1. The van der Waals surface area contributed by atoms with Crippen molar-refractivity contribution in [3.8, 4) is 0 Å². The highest BCUT2D eigenvalue weighted by Gasteiger charge is 2.37. The first-order valence-corrected chi connectivity index (χ1v) is 6.73. The van der Waals surface area contributed by atoms with Crippen molar-refractivity contribution in [1.29, 1.82) is 0 Å². The summed E-state index contributed by atoms with van der Waals surface area (Å²) in [5, 5.41) is 7.30. The lowest BCUT2D eigenvalue weighted by Crippen LogP contribution is -2.42. The minimum atomic E-state index is -0.399. The lowest BCUT2D eigenvalue weighted by Gasteiger charge is -2.21. The molecule has 7 nitrogen and oxygen atoms in total. The normalized spacial score (nSPS) is 26.6. The summed E-state index contributed by atoms with van der Waals surface area (Å²) in [5.41, 5.74) is -0.746. The Hall–Kier alpha value is -1.63. The third kappa shape index (κ3) is 1.98. The van der Waals surface area contributed by atoms with Crippen LogP contribution in [0.4, 0.5) is 5.82 Å². The zero-order valence-electron chi connectivity index (χ0n) is 11.3. The first-order chi connectivity index (χ1) is 9.08. The van der Waals surface area contributed by atoms with E-state index < -0.39 is 5.69 Å². The third-order valence-corrected chi connectivity index (χ3v) is 4.25. The van der Waals surface area contributed by atoms with E-state index in [1.807, 2.05) is 0 Å². The molecule has 0 aromatic carbocycles. The number of fused-ring (bicyclic) bond motifs is 1. The van der Waals surface area contributed by atoms with Crippen molar-refractivity contribution in [3.05, 3.63) is 20.8 Å². The van der Waals surface area contributed by atoms with E-state index in [1.165, 1.54) is 24.6 Å². The number of hydrogen-bond donors (Lipinski definition) is 1. The molecule has 2 fully saturated rings. The standard InChI is InChI=1S/C12H19N5O2/c1-15-11(18)10(14-16(2)12(15)19)13-8-5-7-17-6-3-4-9(8)17/h8-9H,3-7H2,1-2H3,(H,13,14). The maximum atomic E-state index is 12.0. The van der Waals surface area contributed by atoms with Gasteiger partial charge in [0.1, 0.15) is 0 Å². The van der Waals surface area contributed by atoms with Crippen LogP contribution in [0.5, 0.6) is 0 Å². The highest BCUT2D eigenvalue weighted by Crippen LogP contribution is 2.29. The van der Waals surface area contributed by atoms with Crippen molar-refractivity contribution >= 4 is 5.82 Å². The van der Waals surface area contributed by atoms with E-state index >= 15 is 0 Å². The zero-order valence-corrected chi connectivity index (χ0v) is 11.3. The molecule has 0 aliphatic carbocycles. The molecule has 2 aliphatic rings. The second kappa shape index (κ2) is 4.48. The third-order valence-electron chi connectivity index (χ3n) is 4.25. The van der Waals surface area contributed by atoms with Crippen molar-refractivity contribution in [2.75, 3.05) is 18.4 Å². The fourth-order valence-corrected chi connectivity index (χ4v) is 3.22. The van der Waals surface area contributed by atoms with Crippen LogP contribution >= 0.6 is 0 Å². The average molecular weight is 265 g/mol. The first kappa shape index (κ1) is 12.4. The molecule has 0 saturated carbocycles. The molecule has 2 unspecified atom stereocenters. The Labute approximate surface area is 110 Å². The number of aromatic nitrogens is 3. The molecule has 3 rings (SSSR count). The van der Waals surface area contributed by atoms with Crippen LogP contribution < -0.4 is 16.6 Å². The molecule has 2 aliphatic heterocycles. The van der Waals surface area contributed by atoms with E-state index in [9.17, 15) is 9.59 Å². The molecule has 2 atom stereocenters. The zero-order chi connectivity index (χ0) is 13.6. The summed E-state index contributed by atoms with van der Waals surface area (Å²) in [7, 11) is 3.04. The summed E-state index contributed by atoms with van der Waals surface area (Å²) in [5.74, 6) is 0.281. The van der Waals surface area contributed by atoms with Gasteiger partial charge >= 0.3 is 5.69 Å². The van der Waals surface area contributed by atoms with Crippen LogP contribution in [0.15, 0.2) is 9.59 Å². The van der Waals surface area contributed by atoms with Gasteiger partial charge in [0.15, 0.2) is 0 Å². The van der Waals surface area contributed by atoms with Gasteiger partial charge in [0.2, 0.25) is 5.82 Å². The summed E-state index contributed by atoms with van der Waals surface area (Å²) in [6.07, 6.45) is 3.42. The molecule has 19 heavy (non-hydrogen) atoms. The molecule has 0 amide bonds. The Bertz CT molecular complexity index is 605. The average Bonchev–Trinajstić information content (AvgIpc) is 2.98. The van der Waals surface area contributed by atoms with Gasteiger partial charge in [-0.05, 0) is 25.8 Å². The highest BCUT2D eigenvalue weighted by atomic mass is 16.2. The van der Waals surface area contributed by atoms with Crippen LogP contribution in [0, 0.1) is 0 Å². The van der Waals surface area contributed by atoms with Crippen molar-refractivity contribution in [2.24, 2.45) is 14.1 Å². The van der Waals surface area contributed by atoms with E-state index in [4.69, 9.17) is 0 Å². The molecule has 1 N–H and O–H groups in total. The molecule has 104 valence electrons. The van der Waals surface area contributed by atoms with Crippen LogP contribution in [0.25, 0.3) is 0 Å². The van der Waals surface area contributed by atoms with Gasteiger partial charge in [-0.25, -0.2) is 9.48 Å². The fourth-order valence-electron chi connectivity index (χ4n) is 3.22. The van der Waals surface area contributed by atoms with E-state index in [2.05, 4.69) is 15.3 Å². The van der Waals surface area contributed by atoms with Crippen LogP contribution in [-0.4, -0.2) is 44.4 Å². The molecule has 1 aromatic heterocycles. The minimum absolute atomic E-state index is 0.264. The van der Waals surface area contributed by atoms with Gasteiger partial charge in [0, 0.05) is 32.7 Å². The van der Waals surface area contributed by atoms with Gasteiger partial charge in [-0.15, -0.1) is 5.10 Å². The van der Waals surface area contributed by atoms with Gasteiger partial charge in [-0.2, -0.15) is 0 Å². The van der Waals surface area contributed by atoms with Gasteiger partial charge in [0.05, 0.1) is 0 Å².